The maximum absolute atomic E-state index is 5.36. The average Bonchev–Trinajstić information content (AvgIpc) is 2.82. The zero-order valence-electron chi connectivity index (χ0n) is 9.80. The molecule has 0 radical (unpaired) electrons. The average molecular weight is 252 g/mol. The van der Waals surface area contributed by atoms with Gasteiger partial charge in [-0.3, -0.25) is 0 Å². The Balaban J connectivity index is 2.03. The van der Waals surface area contributed by atoms with Crippen molar-refractivity contribution < 1.29 is 4.74 Å². The van der Waals surface area contributed by atoms with Crippen molar-refractivity contribution >= 4 is 27.4 Å². The Morgan fingerprint density at radius 1 is 1.41 bits per heavy atom. The van der Waals surface area contributed by atoms with Crippen LogP contribution < -0.4 is 10.6 Å². The molecule has 5 nitrogen and oxygen atoms in total. The topological polar surface area (TPSA) is 64.3 Å². The van der Waals surface area contributed by atoms with Crippen LogP contribution in [0.2, 0.25) is 0 Å². The van der Waals surface area contributed by atoms with Crippen LogP contribution in [-0.4, -0.2) is 43.3 Å². The molecule has 0 bridgehead atoms. The number of fused-ring (bicyclic) bond motifs is 1. The lowest BCUT2D eigenvalue weighted by Gasteiger charge is -2.18. The molecule has 92 valence electrons. The molecule has 2 rings (SSSR count). The smallest absolute Gasteiger partial charge is 0.149 e. The fourth-order valence-electron chi connectivity index (χ4n) is 1.54. The minimum absolute atomic E-state index is 0.562. The quantitative estimate of drug-likeness (QED) is 0.780. The van der Waals surface area contributed by atoms with Gasteiger partial charge in [0.2, 0.25) is 0 Å². The molecule has 2 aromatic heterocycles. The summed E-state index contributed by atoms with van der Waals surface area (Å²) in [5, 5.41) is 2.03. The lowest BCUT2D eigenvalue weighted by atomic mass is 10.4. The second-order valence-electron chi connectivity index (χ2n) is 3.65. The summed E-state index contributed by atoms with van der Waals surface area (Å²) in [6.45, 7) is 2.62. The van der Waals surface area contributed by atoms with Gasteiger partial charge in [0.1, 0.15) is 12.1 Å². The van der Waals surface area contributed by atoms with Gasteiger partial charge < -0.3 is 15.4 Å². The predicted octanol–water partition coefficient (Wildman–Crippen LogP) is 1.10. The van der Waals surface area contributed by atoms with Gasteiger partial charge in [-0.1, -0.05) is 0 Å². The van der Waals surface area contributed by atoms with Crippen molar-refractivity contribution in [1.82, 2.24) is 9.97 Å². The zero-order chi connectivity index (χ0) is 12.1. The molecule has 2 heterocycles. The third-order valence-corrected chi connectivity index (χ3v) is 3.32. The first-order chi connectivity index (χ1) is 8.33. The predicted molar refractivity (Wildman–Crippen MR) is 70.6 cm³/mol. The van der Waals surface area contributed by atoms with Gasteiger partial charge >= 0.3 is 0 Å². The molecule has 6 heteroatoms. The molecule has 0 aromatic carbocycles. The van der Waals surface area contributed by atoms with Gasteiger partial charge in [0, 0.05) is 20.1 Å². The zero-order valence-corrected chi connectivity index (χ0v) is 10.6. The first-order valence-corrected chi connectivity index (χ1v) is 6.38. The molecule has 17 heavy (non-hydrogen) atoms. The van der Waals surface area contributed by atoms with Crippen molar-refractivity contribution in [2.45, 2.75) is 0 Å². The van der Waals surface area contributed by atoms with Crippen molar-refractivity contribution in [1.29, 1.82) is 0 Å². The number of hydrogen-bond acceptors (Lipinski definition) is 6. The van der Waals surface area contributed by atoms with Crippen molar-refractivity contribution in [2.75, 3.05) is 38.3 Å². The van der Waals surface area contributed by atoms with E-state index in [0.29, 0.717) is 19.8 Å². The molecule has 0 saturated carbocycles. The maximum atomic E-state index is 5.36. The van der Waals surface area contributed by atoms with Crippen LogP contribution in [0.1, 0.15) is 0 Å². The summed E-state index contributed by atoms with van der Waals surface area (Å²) in [6, 6.07) is 2.00. The molecular formula is C11H16N4OS. The van der Waals surface area contributed by atoms with E-state index >= 15 is 0 Å². The van der Waals surface area contributed by atoms with E-state index in [1.54, 1.807) is 17.7 Å². The summed E-state index contributed by atoms with van der Waals surface area (Å²) in [5.41, 5.74) is 6.35. The van der Waals surface area contributed by atoms with Crippen LogP contribution >= 0.6 is 11.3 Å². The molecule has 0 atom stereocenters. The summed E-state index contributed by atoms with van der Waals surface area (Å²) in [4.78, 5) is 10.6. The van der Waals surface area contributed by atoms with E-state index in [4.69, 9.17) is 10.5 Å². The van der Waals surface area contributed by atoms with Crippen LogP contribution in [0.5, 0.6) is 0 Å². The Bertz CT molecular complexity index is 473. The van der Waals surface area contributed by atoms with Crippen LogP contribution in [-0.2, 0) is 4.74 Å². The molecule has 0 fully saturated rings. The maximum Gasteiger partial charge on any atom is 0.149 e. The molecule has 2 N–H and O–H groups in total. The van der Waals surface area contributed by atoms with E-state index < -0.39 is 0 Å². The molecule has 2 aromatic rings. The highest BCUT2D eigenvalue weighted by Crippen LogP contribution is 2.26. The number of nitrogens with zero attached hydrogens (tertiary/aromatic N) is 3. The van der Waals surface area contributed by atoms with E-state index in [2.05, 4.69) is 14.9 Å². The van der Waals surface area contributed by atoms with E-state index in [-0.39, 0.29) is 0 Å². The molecule has 0 aliphatic carbocycles. The van der Waals surface area contributed by atoms with Crippen LogP contribution in [0.3, 0.4) is 0 Å². The SMILES string of the molecule is CN(CCOCCN)c1ncnc2ccsc12. The number of nitrogens with two attached hydrogens (primary N) is 1. The highest BCUT2D eigenvalue weighted by atomic mass is 32.1. The number of ether oxygens (including phenoxy) is 1. The second kappa shape index (κ2) is 5.90. The molecule has 0 aliphatic heterocycles. The highest BCUT2D eigenvalue weighted by molar-refractivity contribution is 7.17. The molecule has 0 spiro atoms. The minimum atomic E-state index is 0.562. The summed E-state index contributed by atoms with van der Waals surface area (Å²) in [6.07, 6.45) is 1.60. The third-order valence-electron chi connectivity index (χ3n) is 2.42. The summed E-state index contributed by atoms with van der Waals surface area (Å²) in [5.74, 6) is 0.960. The lowest BCUT2D eigenvalue weighted by Crippen LogP contribution is -2.24. The summed E-state index contributed by atoms with van der Waals surface area (Å²) in [7, 11) is 2.01. The van der Waals surface area contributed by atoms with Gasteiger partial charge in [0.15, 0.2) is 0 Å². The van der Waals surface area contributed by atoms with E-state index in [0.717, 1.165) is 22.6 Å². The Hall–Kier alpha value is -1.24. The Kier molecular flexibility index (Phi) is 4.24. The van der Waals surface area contributed by atoms with Gasteiger partial charge in [-0.05, 0) is 11.4 Å². The van der Waals surface area contributed by atoms with Crippen LogP contribution in [0.25, 0.3) is 10.2 Å². The first-order valence-electron chi connectivity index (χ1n) is 5.50. The molecule has 0 saturated heterocycles. The summed E-state index contributed by atoms with van der Waals surface area (Å²) >= 11 is 1.66. The van der Waals surface area contributed by atoms with Gasteiger partial charge in [-0.2, -0.15) is 0 Å². The van der Waals surface area contributed by atoms with Gasteiger partial charge in [0.05, 0.1) is 23.4 Å². The molecule has 0 aliphatic rings. The van der Waals surface area contributed by atoms with Gasteiger partial charge in [-0.25, -0.2) is 9.97 Å². The number of anilines is 1. The number of likely N-dealkylation sites (N-methyl/N-ethyl adjacent to an activating group) is 1. The monoisotopic (exact) mass is 252 g/mol. The molecule has 0 amide bonds. The number of thiophene rings is 1. The highest BCUT2D eigenvalue weighted by Gasteiger charge is 2.09. The standard InChI is InChI=1S/C11H16N4OS/c1-15(4-6-16-5-3-12)11-10-9(2-7-17-10)13-8-14-11/h2,7-8H,3-6,12H2,1H3. The Morgan fingerprint density at radius 2 is 2.29 bits per heavy atom. The van der Waals surface area contributed by atoms with Crippen molar-refractivity contribution in [2.24, 2.45) is 5.73 Å². The normalized spacial score (nSPS) is 10.9. The fraction of sp³-hybridized carbons (Fsp3) is 0.455. The molecule has 0 unspecified atom stereocenters. The third kappa shape index (κ3) is 2.91. The van der Waals surface area contributed by atoms with E-state index in [1.807, 2.05) is 18.5 Å². The van der Waals surface area contributed by atoms with Crippen molar-refractivity contribution in [3.8, 4) is 0 Å². The number of hydrogen-bond donors (Lipinski definition) is 1. The number of rotatable bonds is 6. The van der Waals surface area contributed by atoms with Gasteiger partial charge in [-0.15, -0.1) is 11.3 Å². The Morgan fingerprint density at radius 3 is 3.12 bits per heavy atom. The largest absolute Gasteiger partial charge is 0.378 e. The summed E-state index contributed by atoms with van der Waals surface area (Å²) < 4.78 is 6.48. The van der Waals surface area contributed by atoms with E-state index in [9.17, 15) is 0 Å². The lowest BCUT2D eigenvalue weighted by molar-refractivity contribution is 0.148. The Labute approximate surface area is 104 Å². The van der Waals surface area contributed by atoms with Gasteiger partial charge in [0.25, 0.3) is 0 Å². The van der Waals surface area contributed by atoms with Crippen LogP contribution in [0.4, 0.5) is 5.82 Å². The minimum Gasteiger partial charge on any atom is -0.378 e. The van der Waals surface area contributed by atoms with Crippen molar-refractivity contribution in [3.63, 3.8) is 0 Å². The first kappa shape index (κ1) is 12.2. The van der Waals surface area contributed by atoms with Crippen LogP contribution in [0.15, 0.2) is 17.8 Å². The van der Waals surface area contributed by atoms with Crippen molar-refractivity contribution in [3.05, 3.63) is 17.8 Å². The van der Waals surface area contributed by atoms with E-state index in [1.165, 1.54) is 0 Å². The fourth-order valence-corrected chi connectivity index (χ4v) is 2.43. The second-order valence-corrected chi connectivity index (χ2v) is 4.57. The molecular weight excluding hydrogens is 236 g/mol. The van der Waals surface area contributed by atoms with Crippen LogP contribution in [0, 0.1) is 0 Å². The number of aromatic nitrogens is 2.